The summed E-state index contributed by atoms with van der Waals surface area (Å²) in [5, 5.41) is 2.83. The number of hydrogen-bond acceptors (Lipinski definition) is 3. The molecule has 4 nitrogen and oxygen atoms in total. The lowest BCUT2D eigenvalue weighted by Gasteiger charge is -2.11. The summed E-state index contributed by atoms with van der Waals surface area (Å²) in [6.45, 7) is 2.44. The van der Waals surface area contributed by atoms with Crippen molar-refractivity contribution in [3.63, 3.8) is 0 Å². The zero-order valence-electron chi connectivity index (χ0n) is 13.2. The highest BCUT2D eigenvalue weighted by Crippen LogP contribution is 2.23. The average Bonchev–Trinajstić information content (AvgIpc) is 2.57. The number of amides is 1. The van der Waals surface area contributed by atoms with Crippen molar-refractivity contribution in [2.45, 2.75) is 26.2 Å². The van der Waals surface area contributed by atoms with Gasteiger partial charge < -0.3 is 10.1 Å². The molecule has 0 heterocycles. The minimum absolute atomic E-state index is 0.0631. The molecule has 23 heavy (non-hydrogen) atoms. The Labute approximate surface area is 136 Å². The molecule has 2 rings (SSSR count). The molecule has 2 aromatic rings. The highest BCUT2D eigenvalue weighted by atomic mass is 16.5. The zero-order valence-corrected chi connectivity index (χ0v) is 13.2. The van der Waals surface area contributed by atoms with Gasteiger partial charge in [-0.2, -0.15) is 0 Å². The number of rotatable bonds is 8. The number of nitrogens with one attached hydrogen (secondary N) is 1. The van der Waals surface area contributed by atoms with Crippen molar-refractivity contribution in [2.75, 3.05) is 11.9 Å². The molecule has 0 aliphatic carbocycles. The van der Waals surface area contributed by atoms with E-state index in [1.165, 1.54) is 0 Å². The number of Topliss-reactive ketones (excluding diaryl/α,β-unsaturated/α-hetero) is 1. The van der Waals surface area contributed by atoms with Crippen LogP contribution in [0.2, 0.25) is 0 Å². The Balaban J connectivity index is 1.81. The van der Waals surface area contributed by atoms with Gasteiger partial charge in [-0.25, -0.2) is 0 Å². The second kappa shape index (κ2) is 8.73. The fourth-order valence-electron chi connectivity index (χ4n) is 2.24. The van der Waals surface area contributed by atoms with Crippen LogP contribution in [0.4, 0.5) is 5.69 Å². The third-order valence-electron chi connectivity index (χ3n) is 3.36. The van der Waals surface area contributed by atoms with Crippen LogP contribution in [0.1, 0.15) is 36.5 Å². The predicted molar refractivity (Wildman–Crippen MR) is 90.9 cm³/mol. The molecule has 0 saturated carbocycles. The second-order valence-corrected chi connectivity index (χ2v) is 5.12. The first-order chi connectivity index (χ1) is 11.2. The summed E-state index contributed by atoms with van der Waals surface area (Å²) in [5.74, 6) is 0.606. The van der Waals surface area contributed by atoms with Crippen molar-refractivity contribution >= 4 is 17.4 Å². The monoisotopic (exact) mass is 311 g/mol. The molecule has 0 aromatic heterocycles. The molecule has 4 heteroatoms. The largest absolute Gasteiger partial charge is 0.492 e. The number of anilines is 1. The Kier molecular flexibility index (Phi) is 6.36. The average molecular weight is 311 g/mol. The summed E-state index contributed by atoms with van der Waals surface area (Å²) in [4.78, 5) is 24.0. The first-order valence-electron chi connectivity index (χ1n) is 7.80. The van der Waals surface area contributed by atoms with Gasteiger partial charge in [0.1, 0.15) is 5.75 Å². The molecule has 1 amide bonds. The van der Waals surface area contributed by atoms with Crippen molar-refractivity contribution in [3.05, 3.63) is 60.2 Å². The molecular weight excluding hydrogens is 290 g/mol. The van der Waals surface area contributed by atoms with E-state index in [1.807, 2.05) is 43.3 Å². The maximum Gasteiger partial charge on any atom is 0.224 e. The Morgan fingerprint density at radius 2 is 1.65 bits per heavy atom. The van der Waals surface area contributed by atoms with Crippen LogP contribution in [0.3, 0.4) is 0 Å². The Morgan fingerprint density at radius 3 is 2.39 bits per heavy atom. The van der Waals surface area contributed by atoms with E-state index in [-0.39, 0.29) is 11.7 Å². The summed E-state index contributed by atoms with van der Waals surface area (Å²) < 4.78 is 5.47. The zero-order chi connectivity index (χ0) is 16.5. The molecular formula is C19H21NO3. The smallest absolute Gasteiger partial charge is 0.224 e. The van der Waals surface area contributed by atoms with E-state index in [0.717, 1.165) is 0 Å². The summed E-state index contributed by atoms with van der Waals surface area (Å²) >= 11 is 0. The third kappa shape index (κ3) is 5.25. The van der Waals surface area contributed by atoms with Crippen LogP contribution in [0.15, 0.2) is 54.6 Å². The molecule has 0 unspecified atom stereocenters. The van der Waals surface area contributed by atoms with E-state index in [1.54, 1.807) is 18.2 Å². The topological polar surface area (TPSA) is 55.4 Å². The van der Waals surface area contributed by atoms with Gasteiger partial charge in [-0.1, -0.05) is 42.5 Å². The molecule has 2 aromatic carbocycles. The van der Waals surface area contributed by atoms with Crippen LogP contribution in [0.5, 0.6) is 5.75 Å². The van der Waals surface area contributed by atoms with Crippen molar-refractivity contribution in [1.29, 1.82) is 0 Å². The standard InChI is InChI=1S/C19H21NO3/c1-2-23-18-13-7-6-11-16(18)20-19(22)14-8-12-17(21)15-9-4-3-5-10-15/h3-7,9-11,13H,2,8,12,14H2,1H3,(H,20,22). The lowest BCUT2D eigenvalue weighted by Crippen LogP contribution is -2.13. The molecule has 0 spiro atoms. The highest BCUT2D eigenvalue weighted by molar-refractivity contribution is 5.97. The fourth-order valence-corrected chi connectivity index (χ4v) is 2.24. The highest BCUT2D eigenvalue weighted by Gasteiger charge is 2.09. The van der Waals surface area contributed by atoms with Gasteiger partial charge in [-0.3, -0.25) is 9.59 Å². The minimum Gasteiger partial charge on any atom is -0.492 e. The van der Waals surface area contributed by atoms with Crippen LogP contribution >= 0.6 is 0 Å². The van der Waals surface area contributed by atoms with Crippen LogP contribution in [0.25, 0.3) is 0 Å². The maximum atomic E-state index is 12.0. The second-order valence-electron chi connectivity index (χ2n) is 5.12. The maximum absolute atomic E-state index is 12.0. The molecule has 0 atom stereocenters. The normalized spacial score (nSPS) is 10.1. The van der Waals surface area contributed by atoms with Crippen LogP contribution in [0, 0.1) is 0 Å². The summed E-state index contributed by atoms with van der Waals surface area (Å²) in [5.41, 5.74) is 1.35. The van der Waals surface area contributed by atoms with E-state index in [9.17, 15) is 9.59 Å². The molecule has 120 valence electrons. The van der Waals surface area contributed by atoms with Crippen molar-refractivity contribution in [3.8, 4) is 5.75 Å². The SMILES string of the molecule is CCOc1ccccc1NC(=O)CCCC(=O)c1ccccc1. The first-order valence-corrected chi connectivity index (χ1v) is 7.80. The number of carbonyl (C=O) groups excluding carboxylic acids is 2. The van der Waals surface area contributed by atoms with Gasteiger partial charge in [0.05, 0.1) is 12.3 Å². The van der Waals surface area contributed by atoms with Gasteiger partial charge in [-0.05, 0) is 25.5 Å². The fraction of sp³-hybridized carbons (Fsp3) is 0.263. The number of ether oxygens (including phenoxy) is 1. The molecule has 1 N–H and O–H groups in total. The number of benzene rings is 2. The Bertz CT molecular complexity index is 653. The van der Waals surface area contributed by atoms with E-state index in [0.29, 0.717) is 42.9 Å². The van der Waals surface area contributed by atoms with E-state index in [2.05, 4.69) is 5.32 Å². The lowest BCUT2D eigenvalue weighted by atomic mass is 10.1. The van der Waals surface area contributed by atoms with Crippen molar-refractivity contribution in [2.24, 2.45) is 0 Å². The molecule has 0 radical (unpaired) electrons. The Morgan fingerprint density at radius 1 is 0.957 bits per heavy atom. The van der Waals surface area contributed by atoms with E-state index >= 15 is 0 Å². The van der Waals surface area contributed by atoms with Crippen molar-refractivity contribution in [1.82, 2.24) is 0 Å². The Hall–Kier alpha value is -2.62. The summed E-state index contributed by atoms with van der Waals surface area (Å²) in [6.07, 6.45) is 1.19. The molecule has 0 bridgehead atoms. The summed E-state index contributed by atoms with van der Waals surface area (Å²) in [6, 6.07) is 16.5. The molecule has 0 aliphatic heterocycles. The molecule has 0 saturated heterocycles. The minimum atomic E-state index is -0.113. The predicted octanol–water partition coefficient (Wildman–Crippen LogP) is 4.08. The molecule has 0 fully saturated rings. The van der Waals surface area contributed by atoms with Gasteiger partial charge in [-0.15, -0.1) is 0 Å². The van der Waals surface area contributed by atoms with Gasteiger partial charge in [0.25, 0.3) is 0 Å². The van der Waals surface area contributed by atoms with E-state index in [4.69, 9.17) is 4.74 Å². The number of hydrogen-bond donors (Lipinski definition) is 1. The van der Waals surface area contributed by atoms with Gasteiger partial charge in [0, 0.05) is 18.4 Å². The number of para-hydroxylation sites is 2. The lowest BCUT2D eigenvalue weighted by molar-refractivity contribution is -0.116. The van der Waals surface area contributed by atoms with Gasteiger partial charge in [0.2, 0.25) is 5.91 Å². The third-order valence-corrected chi connectivity index (χ3v) is 3.36. The van der Waals surface area contributed by atoms with Gasteiger partial charge >= 0.3 is 0 Å². The van der Waals surface area contributed by atoms with Crippen molar-refractivity contribution < 1.29 is 14.3 Å². The van der Waals surface area contributed by atoms with Crippen LogP contribution in [-0.4, -0.2) is 18.3 Å². The van der Waals surface area contributed by atoms with Gasteiger partial charge in [0.15, 0.2) is 5.78 Å². The quantitative estimate of drug-likeness (QED) is 0.747. The summed E-state index contributed by atoms with van der Waals surface area (Å²) in [7, 11) is 0. The number of carbonyl (C=O) groups is 2. The molecule has 0 aliphatic rings. The van der Waals surface area contributed by atoms with Crippen LogP contribution < -0.4 is 10.1 Å². The number of ketones is 1. The first kappa shape index (κ1) is 16.7. The van der Waals surface area contributed by atoms with Crippen LogP contribution in [-0.2, 0) is 4.79 Å². The van der Waals surface area contributed by atoms with E-state index < -0.39 is 0 Å².